The van der Waals surface area contributed by atoms with Crippen LogP contribution in [0.5, 0.6) is 0 Å². The van der Waals surface area contributed by atoms with Crippen LogP contribution in [0.15, 0.2) is 82.5 Å². The number of thiophene rings is 1. The molecular formula is C25H22ClN5OS2. The number of nitrogens with zero attached hydrogens (tertiary/aromatic N) is 3. The standard InChI is InChI=1S/C25H22ClN5OS2/c1-15-5-3-6-17(13-15)14-34-25-29-24-27-16(2)21(22(31(24)30-25)20-7-4-12-33-20)23(32)28-19-10-8-18(26)9-11-19/h3-13,22H,14H2,1-2H3,(H,28,32)(H,27,29,30)/t22-/m0/s1. The van der Waals surface area contributed by atoms with Crippen molar-refractivity contribution in [2.75, 3.05) is 10.6 Å². The van der Waals surface area contributed by atoms with E-state index >= 15 is 0 Å². The Labute approximate surface area is 211 Å². The molecule has 5 rings (SSSR count). The fourth-order valence-electron chi connectivity index (χ4n) is 3.88. The molecule has 0 spiro atoms. The molecule has 0 radical (unpaired) electrons. The average Bonchev–Trinajstić information content (AvgIpc) is 3.48. The molecule has 0 aliphatic carbocycles. The molecule has 0 unspecified atom stereocenters. The van der Waals surface area contributed by atoms with Crippen LogP contribution in [-0.4, -0.2) is 20.7 Å². The number of amides is 1. The summed E-state index contributed by atoms with van der Waals surface area (Å²) in [5.41, 5.74) is 4.48. The summed E-state index contributed by atoms with van der Waals surface area (Å²) in [6.07, 6.45) is 0. The van der Waals surface area contributed by atoms with Crippen LogP contribution in [0, 0.1) is 6.92 Å². The van der Waals surface area contributed by atoms with E-state index in [0.29, 0.717) is 27.4 Å². The van der Waals surface area contributed by atoms with E-state index in [0.717, 1.165) is 16.3 Å². The quantitative estimate of drug-likeness (QED) is 0.291. The van der Waals surface area contributed by atoms with Crippen LogP contribution < -0.4 is 10.6 Å². The summed E-state index contributed by atoms with van der Waals surface area (Å²) in [6, 6.07) is 19.1. The minimum Gasteiger partial charge on any atom is -0.328 e. The molecule has 0 fully saturated rings. The number of halogens is 1. The summed E-state index contributed by atoms with van der Waals surface area (Å²) in [7, 11) is 0. The molecule has 1 aliphatic rings. The Bertz CT molecular complexity index is 1360. The molecule has 2 N–H and O–H groups in total. The van der Waals surface area contributed by atoms with E-state index in [-0.39, 0.29) is 11.9 Å². The normalized spacial score (nSPS) is 15.1. The van der Waals surface area contributed by atoms with E-state index in [4.69, 9.17) is 21.7 Å². The van der Waals surface area contributed by atoms with Gasteiger partial charge in [0.2, 0.25) is 11.1 Å². The topological polar surface area (TPSA) is 71.8 Å². The zero-order valence-corrected chi connectivity index (χ0v) is 21.0. The second-order valence-electron chi connectivity index (χ2n) is 7.98. The van der Waals surface area contributed by atoms with Crippen LogP contribution in [0.2, 0.25) is 5.02 Å². The summed E-state index contributed by atoms with van der Waals surface area (Å²) in [5, 5.41) is 14.4. The van der Waals surface area contributed by atoms with Gasteiger partial charge in [0.05, 0.1) is 5.57 Å². The van der Waals surface area contributed by atoms with Crippen LogP contribution in [-0.2, 0) is 10.5 Å². The van der Waals surface area contributed by atoms with Crippen molar-refractivity contribution in [2.24, 2.45) is 0 Å². The van der Waals surface area contributed by atoms with Gasteiger partial charge in [-0.25, -0.2) is 4.68 Å². The molecule has 2 aromatic heterocycles. The van der Waals surface area contributed by atoms with E-state index < -0.39 is 0 Å². The zero-order valence-electron chi connectivity index (χ0n) is 18.6. The van der Waals surface area contributed by atoms with Crippen molar-refractivity contribution in [3.8, 4) is 0 Å². The van der Waals surface area contributed by atoms with Gasteiger partial charge in [-0.3, -0.25) is 4.79 Å². The first kappa shape index (κ1) is 22.7. The minimum absolute atomic E-state index is 0.194. The van der Waals surface area contributed by atoms with Gasteiger partial charge in [-0.05, 0) is 55.1 Å². The summed E-state index contributed by atoms with van der Waals surface area (Å²) in [6.45, 7) is 3.98. The molecule has 6 nitrogen and oxygen atoms in total. The highest BCUT2D eigenvalue weighted by atomic mass is 35.5. The summed E-state index contributed by atoms with van der Waals surface area (Å²) in [5.74, 6) is 1.21. The lowest BCUT2D eigenvalue weighted by molar-refractivity contribution is -0.113. The fourth-order valence-corrected chi connectivity index (χ4v) is 5.59. The second kappa shape index (κ2) is 9.66. The van der Waals surface area contributed by atoms with Crippen molar-refractivity contribution in [3.05, 3.63) is 98.3 Å². The van der Waals surface area contributed by atoms with E-state index in [1.54, 1.807) is 47.4 Å². The van der Waals surface area contributed by atoms with E-state index in [1.165, 1.54) is 11.1 Å². The summed E-state index contributed by atoms with van der Waals surface area (Å²) in [4.78, 5) is 19.2. The molecule has 1 amide bonds. The molecule has 172 valence electrons. The lowest BCUT2D eigenvalue weighted by Crippen LogP contribution is -2.31. The van der Waals surface area contributed by atoms with Gasteiger partial charge in [0, 0.05) is 27.0 Å². The highest BCUT2D eigenvalue weighted by Gasteiger charge is 2.35. The fraction of sp³-hybridized carbons (Fsp3) is 0.160. The van der Waals surface area contributed by atoms with Crippen molar-refractivity contribution in [1.29, 1.82) is 0 Å². The smallest absolute Gasteiger partial charge is 0.255 e. The summed E-state index contributed by atoms with van der Waals surface area (Å²) >= 11 is 9.16. The Morgan fingerprint density at radius 1 is 1.18 bits per heavy atom. The minimum atomic E-state index is -0.371. The van der Waals surface area contributed by atoms with Gasteiger partial charge in [0.15, 0.2) is 0 Å². The Kier molecular flexibility index (Phi) is 6.45. The molecule has 9 heteroatoms. The number of thioether (sulfide) groups is 1. The maximum atomic E-state index is 13.4. The molecule has 4 aromatic rings. The van der Waals surface area contributed by atoms with Crippen molar-refractivity contribution >= 4 is 52.2 Å². The van der Waals surface area contributed by atoms with Crippen LogP contribution in [0.25, 0.3) is 0 Å². The molecule has 3 heterocycles. The number of carbonyl (C=O) groups excluding carboxylic acids is 1. The number of rotatable bonds is 6. The van der Waals surface area contributed by atoms with Gasteiger partial charge in [-0.2, -0.15) is 4.98 Å². The monoisotopic (exact) mass is 507 g/mol. The maximum absolute atomic E-state index is 13.4. The van der Waals surface area contributed by atoms with Crippen LogP contribution >= 0.6 is 34.7 Å². The number of benzene rings is 2. The number of hydrogen-bond donors (Lipinski definition) is 2. The van der Waals surface area contributed by atoms with Crippen LogP contribution in [0.3, 0.4) is 0 Å². The van der Waals surface area contributed by atoms with Crippen LogP contribution in [0.1, 0.15) is 29.0 Å². The Balaban J connectivity index is 1.44. The predicted molar refractivity (Wildman–Crippen MR) is 140 cm³/mol. The molecular weight excluding hydrogens is 486 g/mol. The number of anilines is 2. The van der Waals surface area contributed by atoms with E-state index in [2.05, 4.69) is 41.8 Å². The Morgan fingerprint density at radius 2 is 2.00 bits per heavy atom. The first-order valence-electron chi connectivity index (χ1n) is 10.7. The number of fused-ring (bicyclic) bond motifs is 1. The number of allylic oxidation sites excluding steroid dienone is 1. The third-order valence-corrected chi connectivity index (χ3v) is 7.53. The lowest BCUT2D eigenvalue weighted by Gasteiger charge is -2.27. The molecule has 2 aromatic carbocycles. The number of carbonyl (C=O) groups is 1. The zero-order chi connectivity index (χ0) is 23.7. The van der Waals surface area contributed by atoms with Gasteiger partial charge in [-0.15, -0.1) is 16.4 Å². The third-order valence-electron chi connectivity index (χ3n) is 5.44. The first-order chi connectivity index (χ1) is 16.5. The van der Waals surface area contributed by atoms with Gasteiger partial charge < -0.3 is 10.6 Å². The molecule has 0 bridgehead atoms. The van der Waals surface area contributed by atoms with Gasteiger partial charge >= 0.3 is 0 Å². The van der Waals surface area contributed by atoms with Crippen molar-refractivity contribution < 1.29 is 4.79 Å². The first-order valence-corrected chi connectivity index (χ1v) is 13.0. The molecule has 34 heavy (non-hydrogen) atoms. The number of aromatic nitrogens is 3. The molecule has 1 aliphatic heterocycles. The largest absolute Gasteiger partial charge is 0.328 e. The Hall–Kier alpha value is -3.07. The highest BCUT2D eigenvalue weighted by Crippen LogP contribution is 2.38. The van der Waals surface area contributed by atoms with Gasteiger partial charge in [0.25, 0.3) is 5.91 Å². The molecule has 0 saturated heterocycles. The van der Waals surface area contributed by atoms with Gasteiger partial charge in [-0.1, -0.05) is 59.3 Å². The van der Waals surface area contributed by atoms with Crippen LogP contribution in [0.4, 0.5) is 11.6 Å². The predicted octanol–water partition coefficient (Wildman–Crippen LogP) is 6.52. The summed E-state index contributed by atoms with van der Waals surface area (Å²) < 4.78 is 1.81. The highest BCUT2D eigenvalue weighted by molar-refractivity contribution is 7.98. The number of hydrogen-bond acceptors (Lipinski definition) is 6. The second-order valence-corrected chi connectivity index (χ2v) is 10.3. The SMILES string of the molecule is CC1=C(C(=O)Nc2ccc(Cl)cc2)[C@H](c2cccs2)n2nc(SCc3cccc(C)c3)nc2N1. The maximum Gasteiger partial charge on any atom is 0.255 e. The van der Waals surface area contributed by atoms with E-state index in [1.807, 2.05) is 29.1 Å². The lowest BCUT2D eigenvalue weighted by atomic mass is 10.0. The number of nitrogens with one attached hydrogen (secondary N) is 2. The van der Waals surface area contributed by atoms with Gasteiger partial charge in [0.1, 0.15) is 6.04 Å². The Morgan fingerprint density at radius 3 is 2.74 bits per heavy atom. The van der Waals surface area contributed by atoms with Crippen molar-refractivity contribution in [2.45, 2.75) is 30.8 Å². The third kappa shape index (κ3) is 4.75. The number of aryl methyl sites for hydroxylation is 1. The molecule has 0 saturated carbocycles. The molecule has 1 atom stereocenters. The average molecular weight is 508 g/mol. The van der Waals surface area contributed by atoms with E-state index in [9.17, 15) is 4.79 Å². The van der Waals surface area contributed by atoms with Crippen molar-refractivity contribution in [1.82, 2.24) is 14.8 Å². The van der Waals surface area contributed by atoms with Crippen molar-refractivity contribution in [3.63, 3.8) is 0 Å².